The van der Waals surface area contributed by atoms with Crippen LogP contribution >= 0.6 is 24.8 Å². The number of aromatic nitrogens is 2. The molecule has 0 bridgehead atoms. The molecule has 164 valence electrons. The van der Waals surface area contributed by atoms with Crippen LogP contribution in [0, 0.1) is 5.92 Å². The van der Waals surface area contributed by atoms with Crippen molar-refractivity contribution in [3.8, 4) is 0 Å². The first kappa shape index (κ1) is 28.9. The molecule has 28 heavy (non-hydrogen) atoms. The molecule has 10 heteroatoms. The van der Waals surface area contributed by atoms with Gasteiger partial charge in [0.25, 0.3) is 0 Å². The first-order valence-corrected chi connectivity index (χ1v) is 9.12. The van der Waals surface area contributed by atoms with E-state index in [1.165, 1.54) is 6.33 Å². The van der Waals surface area contributed by atoms with E-state index < -0.39 is 17.7 Å². The first-order valence-electron chi connectivity index (χ1n) is 9.12. The van der Waals surface area contributed by atoms with Crippen molar-refractivity contribution in [2.24, 2.45) is 11.7 Å². The van der Waals surface area contributed by atoms with Gasteiger partial charge in [0.1, 0.15) is 0 Å². The summed E-state index contributed by atoms with van der Waals surface area (Å²) in [6.45, 7) is 7.69. The second-order valence-electron chi connectivity index (χ2n) is 7.69. The highest BCUT2D eigenvalue weighted by molar-refractivity contribution is 5.85. The van der Waals surface area contributed by atoms with Gasteiger partial charge < -0.3 is 26.5 Å². The summed E-state index contributed by atoms with van der Waals surface area (Å²) < 4.78 is 0. The number of aromatic amines is 1. The van der Waals surface area contributed by atoms with Gasteiger partial charge in [0.15, 0.2) is 0 Å². The topological polar surface area (TPSA) is 133 Å². The van der Waals surface area contributed by atoms with Gasteiger partial charge in [0.05, 0.1) is 29.7 Å². The lowest BCUT2D eigenvalue weighted by molar-refractivity contribution is -0.125. The molecule has 1 aromatic heterocycles. The van der Waals surface area contributed by atoms with Crippen molar-refractivity contribution in [3.05, 3.63) is 18.2 Å². The molecular formula is C18H35Cl2N5O3. The molecule has 0 saturated carbocycles. The fourth-order valence-electron chi connectivity index (χ4n) is 2.44. The lowest BCUT2D eigenvalue weighted by Gasteiger charge is -2.32. The zero-order valence-corrected chi connectivity index (χ0v) is 18.7. The highest BCUT2D eigenvalue weighted by Gasteiger charge is 2.31. The summed E-state index contributed by atoms with van der Waals surface area (Å²) in [5.41, 5.74) is 5.67. The van der Waals surface area contributed by atoms with Crippen LogP contribution in [-0.2, 0) is 16.0 Å². The zero-order valence-electron chi connectivity index (χ0n) is 17.0. The number of rotatable bonds is 11. The Labute approximate surface area is 179 Å². The highest BCUT2D eigenvalue weighted by Crippen LogP contribution is 2.10. The number of nitrogens with zero attached hydrogens (tertiary/aromatic N) is 1. The van der Waals surface area contributed by atoms with Gasteiger partial charge in [0.2, 0.25) is 11.8 Å². The molecular weight excluding hydrogens is 405 g/mol. The van der Waals surface area contributed by atoms with E-state index >= 15 is 0 Å². The monoisotopic (exact) mass is 439 g/mol. The van der Waals surface area contributed by atoms with Crippen LogP contribution in [0.4, 0.5) is 0 Å². The molecule has 0 saturated heterocycles. The van der Waals surface area contributed by atoms with Gasteiger partial charge in [-0.05, 0) is 26.2 Å². The molecule has 8 nitrogen and oxygen atoms in total. The van der Waals surface area contributed by atoms with Gasteiger partial charge in [-0.2, -0.15) is 0 Å². The smallest absolute Gasteiger partial charge is 0.237 e. The predicted molar refractivity (Wildman–Crippen MR) is 115 cm³/mol. The van der Waals surface area contributed by atoms with E-state index in [1.54, 1.807) is 20.0 Å². The van der Waals surface area contributed by atoms with Crippen LogP contribution in [0.25, 0.3) is 0 Å². The van der Waals surface area contributed by atoms with E-state index in [4.69, 9.17) is 5.73 Å². The number of nitrogens with one attached hydrogen (secondary N) is 3. The lowest BCUT2D eigenvalue weighted by Crippen LogP contribution is -2.59. The normalized spacial score (nSPS) is 13.1. The molecule has 2 amide bonds. The van der Waals surface area contributed by atoms with E-state index in [2.05, 4.69) is 34.4 Å². The van der Waals surface area contributed by atoms with Crippen LogP contribution in [0.15, 0.2) is 12.5 Å². The molecule has 0 radical (unpaired) electrons. The Kier molecular flexibility index (Phi) is 14.2. The minimum atomic E-state index is -0.932. The molecule has 1 heterocycles. The molecule has 0 aromatic carbocycles. The third kappa shape index (κ3) is 10.8. The molecule has 0 fully saturated rings. The Hall–Kier alpha value is -1.35. The standard InChI is InChI=1S/C18H33N5O3.2ClH/c1-12(2)6-5-7-16(25)21-10-15(24)18(3,4)23-17(26)14(19)8-13-9-20-11-22-13;;/h9,11-12,14-15,24H,5-8,10,19H2,1-4H3,(H,20,22)(H,21,25)(H,23,26);2*1H/t14-,15?;;/m0../s1. The average molecular weight is 440 g/mol. The van der Waals surface area contributed by atoms with Crippen LogP contribution in [0.1, 0.15) is 52.7 Å². The number of carbonyl (C=O) groups excluding carboxylic acids is 2. The van der Waals surface area contributed by atoms with Gasteiger partial charge in [0, 0.05) is 25.6 Å². The second kappa shape index (κ2) is 13.8. The first-order chi connectivity index (χ1) is 12.1. The highest BCUT2D eigenvalue weighted by atomic mass is 35.5. The van der Waals surface area contributed by atoms with Crippen molar-refractivity contribution < 1.29 is 14.7 Å². The summed E-state index contributed by atoms with van der Waals surface area (Å²) in [6, 6.07) is -0.768. The molecule has 0 spiro atoms. The molecule has 0 aliphatic heterocycles. The maximum absolute atomic E-state index is 12.3. The summed E-state index contributed by atoms with van der Waals surface area (Å²) in [4.78, 5) is 30.9. The number of halogens is 2. The van der Waals surface area contributed by atoms with E-state index in [1.807, 2.05) is 0 Å². The maximum atomic E-state index is 12.3. The van der Waals surface area contributed by atoms with Crippen molar-refractivity contribution in [2.75, 3.05) is 6.54 Å². The third-order valence-electron chi connectivity index (χ3n) is 4.28. The Bertz CT molecular complexity index is 568. The number of aliphatic hydroxyl groups excluding tert-OH is 1. The van der Waals surface area contributed by atoms with Crippen molar-refractivity contribution in [1.29, 1.82) is 0 Å². The third-order valence-corrected chi connectivity index (χ3v) is 4.28. The molecule has 1 aromatic rings. The number of imidazole rings is 1. The number of hydrogen-bond acceptors (Lipinski definition) is 5. The van der Waals surface area contributed by atoms with Crippen molar-refractivity contribution >= 4 is 36.6 Å². The largest absolute Gasteiger partial charge is 0.389 e. The van der Waals surface area contributed by atoms with Crippen molar-refractivity contribution in [1.82, 2.24) is 20.6 Å². The molecule has 0 aliphatic carbocycles. The van der Waals surface area contributed by atoms with E-state index in [-0.39, 0.29) is 43.2 Å². The Morgan fingerprint density at radius 2 is 1.96 bits per heavy atom. The molecule has 2 atom stereocenters. The van der Waals surface area contributed by atoms with E-state index in [0.717, 1.165) is 12.8 Å². The molecule has 1 rings (SSSR count). The fourth-order valence-corrected chi connectivity index (χ4v) is 2.44. The van der Waals surface area contributed by atoms with Gasteiger partial charge >= 0.3 is 0 Å². The summed E-state index contributed by atoms with van der Waals surface area (Å²) in [5, 5.41) is 15.8. The number of carbonyl (C=O) groups is 2. The number of nitrogens with two attached hydrogens (primary N) is 1. The molecule has 1 unspecified atom stereocenters. The van der Waals surface area contributed by atoms with Gasteiger partial charge in [-0.15, -0.1) is 24.8 Å². The minimum absolute atomic E-state index is 0. The maximum Gasteiger partial charge on any atom is 0.237 e. The van der Waals surface area contributed by atoms with Gasteiger partial charge in [-0.1, -0.05) is 20.3 Å². The molecule has 6 N–H and O–H groups in total. The Morgan fingerprint density at radius 3 is 2.50 bits per heavy atom. The summed E-state index contributed by atoms with van der Waals surface area (Å²) in [5.74, 6) is 0.0931. The average Bonchev–Trinajstić information content (AvgIpc) is 3.04. The SMILES string of the molecule is CC(C)CCCC(=O)NCC(O)C(C)(C)NC(=O)[C@@H](N)Cc1c[nH]cn1.Cl.Cl. The van der Waals surface area contributed by atoms with E-state index in [9.17, 15) is 14.7 Å². The summed E-state index contributed by atoms with van der Waals surface area (Å²) in [7, 11) is 0. The predicted octanol–water partition coefficient (Wildman–Crippen LogP) is 1.32. The lowest BCUT2D eigenvalue weighted by atomic mass is 9.96. The number of H-pyrrole nitrogens is 1. The van der Waals surface area contributed by atoms with Crippen LogP contribution < -0.4 is 16.4 Å². The molecule has 0 aliphatic rings. The van der Waals surface area contributed by atoms with Gasteiger partial charge in [-0.3, -0.25) is 9.59 Å². The summed E-state index contributed by atoms with van der Waals surface area (Å²) >= 11 is 0. The second-order valence-corrected chi connectivity index (χ2v) is 7.69. The summed E-state index contributed by atoms with van der Waals surface area (Å²) in [6.07, 6.45) is 4.82. The Balaban J connectivity index is 0. The zero-order chi connectivity index (χ0) is 19.7. The Morgan fingerprint density at radius 1 is 1.32 bits per heavy atom. The number of amides is 2. The van der Waals surface area contributed by atoms with Crippen LogP contribution in [0.2, 0.25) is 0 Å². The van der Waals surface area contributed by atoms with Gasteiger partial charge in [-0.25, -0.2) is 4.98 Å². The number of hydrogen-bond donors (Lipinski definition) is 5. The van der Waals surface area contributed by atoms with Crippen LogP contribution in [-0.4, -0.2) is 51.1 Å². The quantitative estimate of drug-likeness (QED) is 0.354. The van der Waals surface area contributed by atoms with Crippen LogP contribution in [0.5, 0.6) is 0 Å². The van der Waals surface area contributed by atoms with Crippen LogP contribution in [0.3, 0.4) is 0 Å². The number of aliphatic hydroxyl groups is 1. The minimum Gasteiger partial charge on any atom is -0.389 e. The van der Waals surface area contributed by atoms with Crippen molar-refractivity contribution in [3.63, 3.8) is 0 Å². The fraction of sp³-hybridized carbons (Fsp3) is 0.722. The van der Waals surface area contributed by atoms with E-state index in [0.29, 0.717) is 24.5 Å². The van der Waals surface area contributed by atoms with Crippen molar-refractivity contribution in [2.45, 2.75) is 71.1 Å².